The Morgan fingerprint density at radius 2 is 2.17 bits per heavy atom. The maximum absolute atomic E-state index is 3.93. The fourth-order valence-electron chi connectivity index (χ4n) is 1.86. The summed E-state index contributed by atoms with van der Waals surface area (Å²) in [5, 5.41) is 11.4. The molecular formula is C8H14N4. The van der Waals surface area contributed by atoms with Crippen molar-refractivity contribution in [3.63, 3.8) is 0 Å². The molecular weight excluding hydrogens is 152 g/mol. The van der Waals surface area contributed by atoms with Crippen molar-refractivity contribution in [3.05, 3.63) is 5.82 Å². The predicted molar refractivity (Wildman–Crippen MR) is 44.5 cm³/mol. The van der Waals surface area contributed by atoms with Crippen LogP contribution in [-0.4, -0.2) is 20.2 Å². The van der Waals surface area contributed by atoms with E-state index in [-0.39, 0.29) is 0 Å². The molecule has 4 heteroatoms. The van der Waals surface area contributed by atoms with Crippen LogP contribution >= 0.6 is 0 Å². The summed E-state index contributed by atoms with van der Waals surface area (Å²) in [7, 11) is 0. The summed E-state index contributed by atoms with van der Waals surface area (Å²) in [5.41, 5.74) is 0. The lowest BCUT2D eigenvalue weighted by Crippen LogP contribution is -2.10. The quantitative estimate of drug-likeness (QED) is 0.662. The normalized spacial score (nSPS) is 18.8. The van der Waals surface area contributed by atoms with E-state index in [4.69, 9.17) is 0 Å². The van der Waals surface area contributed by atoms with Gasteiger partial charge in [-0.25, -0.2) is 4.68 Å². The van der Waals surface area contributed by atoms with Gasteiger partial charge in [0.25, 0.3) is 0 Å². The van der Waals surface area contributed by atoms with E-state index >= 15 is 0 Å². The summed E-state index contributed by atoms with van der Waals surface area (Å²) in [5.74, 6) is 1.74. The molecule has 1 saturated carbocycles. The average molecular weight is 166 g/mol. The lowest BCUT2D eigenvalue weighted by molar-refractivity contribution is 0.415. The van der Waals surface area contributed by atoms with Crippen LogP contribution in [0.5, 0.6) is 0 Å². The standard InChI is InChI=1S/C8H14N4/c1-7-9-10-11-12(7)6-8-4-2-3-5-8/h8H,2-6H2,1H3. The molecule has 1 aliphatic rings. The van der Waals surface area contributed by atoms with E-state index < -0.39 is 0 Å². The highest BCUT2D eigenvalue weighted by atomic mass is 15.5. The molecule has 12 heavy (non-hydrogen) atoms. The third kappa shape index (κ3) is 1.47. The van der Waals surface area contributed by atoms with Crippen LogP contribution in [0.4, 0.5) is 0 Å². The highest BCUT2D eigenvalue weighted by Crippen LogP contribution is 2.25. The number of nitrogens with zero attached hydrogens (tertiary/aromatic N) is 4. The smallest absolute Gasteiger partial charge is 0.148 e. The van der Waals surface area contributed by atoms with Gasteiger partial charge in [-0.05, 0) is 36.1 Å². The first kappa shape index (κ1) is 7.71. The fourth-order valence-corrected chi connectivity index (χ4v) is 1.86. The molecule has 0 saturated heterocycles. The molecule has 0 amide bonds. The minimum absolute atomic E-state index is 0.812. The largest absolute Gasteiger partial charge is 0.230 e. The molecule has 2 rings (SSSR count). The SMILES string of the molecule is Cc1nnnn1CC1CCCC1. The number of aryl methyl sites for hydroxylation is 1. The van der Waals surface area contributed by atoms with E-state index in [1.54, 1.807) is 0 Å². The van der Waals surface area contributed by atoms with Crippen molar-refractivity contribution in [2.75, 3.05) is 0 Å². The Bertz CT molecular complexity index is 249. The van der Waals surface area contributed by atoms with Crippen LogP contribution in [-0.2, 0) is 6.54 Å². The van der Waals surface area contributed by atoms with Crippen molar-refractivity contribution in [3.8, 4) is 0 Å². The third-order valence-electron chi connectivity index (χ3n) is 2.62. The zero-order valence-corrected chi connectivity index (χ0v) is 7.40. The van der Waals surface area contributed by atoms with Gasteiger partial charge < -0.3 is 0 Å². The topological polar surface area (TPSA) is 43.6 Å². The molecule has 1 heterocycles. The van der Waals surface area contributed by atoms with E-state index in [1.165, 1.54) is 25.7 Å². The summed E-state index contributed by atoms with van der Waals surface area (Å²) in [6, 6.07) is 0. The van der Waals surface area contributed by atoms with Crippen LogP contribution in [0.3, 0.4) is 0 Å². The summed E-state index contributed by atoms with van der Waals surface area (Å²) < 4.78 is 1.91. The van der Waals surface area contributed by atoms with E-state index in [2.05, 4.69) is 15.5 Å². The van der Waals surface area contributed by atoms with Gasteiger partial charge in [-0.3, -0.25) is 0 Å². The monoisotopic (exact) mass is 166 g/mol. The van der Waals surface area contributed by atoms with Gasteiger partial charge in [0, 0.05) is 6.54 Å². The second-order valence-electron chi connectivity index (χ2n) is 3.56. The highest BCUT2D eigenvalue weighted by Gasteiger charge is 2.16. The van der Waals surface area contributed by atoms with Crippen molar-refractivity contribution in [2.24, 2.45) is 5.92 Å². The molecule has 0 aliphatic heterocycles. The maximum Gasteiger partial charge on any atom is 0.148 e. The lowest BCUT2D eigenvalue weighted by atomic mass is 10.1. The second kappa shape index (κ2) is 3.21. The van der Waals surface area contributed by atoms with Gasteiger partial charge in [-0.1, -0.05) is 12.8 Å². The average Bonchev–Trinajstić information content (AvgIpc) is 2.65. The second-order valence-corrected chi connectivity index (χ2v) is 3.56. The Balaban J connectivity index is 1.98. The van der Waals surface area contributed by atoms with Crippen molar-refractivity contribution < 1.29 is 0 Å². The molecule has 1 aromatic rings. The molecule has 4 nitrogen and oxygen atoms in total. The van der Waals surface area contributed by atoms with Crippen molar-refractivity contribution in [1.29, 1.82) is 0 Å². The van der Waals surface area contributed by atoms with Crippen LogP contribution in [0.2, 0.25) is 0 Å². The number of aromatic nitrogens is 4. The zero-order valence-electron chi connectivity index (χ0n) is 7.40. The number of rotatable bonds is 2. The Kier molecular flexibility index (Phi) is 2.06. The molecule has 0 spiro atoms. The number of hydrogen-bond donors (Lipinski definition) is 0. The van der Waals surface area contributed by atoms with Gasteiger partial charge in [-0.2, -0.15) is 0 Å². The van der Waals surface area contributed by atoms with Gasteiger partial charge in [0.2, 0.25) is 0 Å². The number of tetrazole rings is 1. The van der Waals surface area contributed by atoms with Crippen LogP contribution in [0.1, 0.15) is 31.5 Å². The first-order valence-electron chi connectivity index (χ1n) is 4.59. The van der Waals surface area contributed by atoms with Crippen LogP contribution in [0.25, 0.3) is 0 Å². The maximum atomic E-state index is 3.93. The van der Waals surface area contributed by atoms with Crippen molar-refractivity contribution in [2.45, 2.75) is 39.2 Å². The third-order valence-corrected chi connectivity index (χ3v) is 2.62. The summed E-state index contributed by atoms with van der Waals surface area (Å²) in [4.78, 5) is 0. The van der Waals surface area contributed by atoms with Crippen molar-refractivity contribution in [1.82, 2.24) is 20.2 Å². The molecule has 0 unspecified atom stereocenters. The molecule has 1 aliphatic carbocycles. The molecule has 1 fully saturated rings. The first-order chi connectivity index (χ1) is 5.86. The Morgan fingerprint density at radius 1 is 1.42 bits per heavy atom. The number of hydrogen-bond acceptors (Lipinski definition) is 3. The van der Waals surface area contributed by atoms with Crippen LogP contribution in [0, 0.1) is 12.8 Å². The molecule has 0 aromatic carbocycles. The van der Waals surface area contributed by atoms with E-state index in [9.17, 15) is 0 Å². The minimum Gasteiger partial charge on any atom is -0.230 e. The van der Waals surface area contributed by atoms with Gasteiger partial charge in [0.05, 0.1) is 0 Å². The summed E-state index contributed by atoms with van der Waals surface area (Å²) in [6.07, 6.45) is 5.45. The first-order valence-corrected chi connectivity index (χ1v) is 4.59. The Morgan fingerprint density at radius 3 is 2.75 bits per heavy atom. The molecule has 0 radical (unpaired) electrons. The molecule has 0 atom stereocenters. The van der Waals surface area contributed by atoms with Crippen LogP contribution < -0.4 is 0 Å². The van der Waals surface area contributed by atoms with Crippen LogP contribution in [0.15, 0.2) is 0 Å². The highest BCUT2D eigenvalue weighted by molar-refractivity contribution is 4.76. The summed E-state index contributed by atoms with van der Waals surface area (Å²) >= 11 is 0. The van der Waals surface area contributed by atoms with E-state index in [1.807, 2.05) is 11.6 Å². The van der Waals surface area contributed by atoms with Gasteiger partial charge in [0.15, 0.2) is 0 Å². The predicted octanol–water partition coefficient (Wildman–Crippen LogP) is 1.17. The summed E-state index contributed by atoms with van der Waals surface area (Å²) in [6.45, 7) is 2.97. The lowest BCUT2D eigenvalue weighted by Gasteiger charge is -2.07. The minimum atomic E-state index is 0.812. The Hall–Kier alpha value is -0.930. The van der Waals surface area contributed by atoms with E-state index in [0.717, 1.165) is 18.3 Å². The van der Waals surface area contributed by atoms with Gasteiger partial charge in [-0.15, -0.1) is 5.10 Å². The molecule has 66 valence electrons. The zero-order chi connectivity index (χ0) is 8.39. The molecule has 0 N–H and O–H groups in total. The van der Waals surface area contributed by atoms with Gasteiger partial charge >= 0.3 is 0 Å². The molecule has 0 bridgehead atoms. The fraction of sp³-hybridized carbons (Fsp3) is 0.875. The Labute approximate surface area is 72.0 Å². The van der Waals surface area contributed by atoms with Gasteiger partial charge in [0.1, 0.15) is 5.82 Å². The molecule has 1 aromatic heterocycles. The van der Waals surface area contributed by atoms with E-state index in [0.29, 0.717) is 0 Å². The van der Waals surface area contributed by atoms with Crippen molar-refractivity contribution >= 4 is 0 Å².